The fraction of sp³-hybridized carbons (Fsp3) is 0.0667. The number of aliphatic imine (C=N–C) groups is 1. The molecule has 0 fully saturated rings. The molecule has 112 valence electrons. The number of nitrogens with zero attached hydrogens (tertiary/aromatic N) is 3. The molecule has 0 saturated carbocycles. The number of aromatic nitrogens is 2. The molecule has 0 aliphatic rings. The standard InChI is InChI=1S/C15H12ClFN4O/c1-21-14-9(8-18-21)3-2-4-11(14)15(20-22)19-10-5-6-13(17)12(16)7-10/h2-8,22H,1H3,(H,19,20). The van der Waals surface area contributed by atoms with Gasteiger partial charge in [0.05, 0.1) is 22.4 Å². The van der Waals surface area contributed by atoms with Crippen molar-refractivity contribution in [1.82, 2.24) is 15.3 Å². The summed E-state index contributed by atoms with van der Waals surface area (Å²) in [7, 11) is 1.80. The Bertz CT molecular complexity index is 875. The molecule has 22 heavy (non-hydrogen) atoms. The minimum absolute atomic E-state index is 0.0303. The maximum absolute atomic E-state index is 13.2. The van der Waals surface area contributed by atoms with Crippen molar-refractivity contribution in [2.45, 2.75) is 0 Å². The van der Waals surface area contributed by atoms with E-state index in [1.54, 1.807) is 24.0 Å². The van der Waals surface area contributed by atoms with Crippen molar-refractivity contribution in [2.75, 3.05) is 0 Å². The summed E-state index contributed by atoms with van der Waals surface area (Å²) in [4.78, 5) is 4.28. The molecule has 0 aliphatic heterocycles. The van der Waals surface area contributed by atoms with Crippen LogP contribution in [0, 0.1) is 5.82 Å². The van der Waals surface area contributed by atoms with Gasteiger partial charge in [0.1, 0.15) is 5.82 Å². The largest absolute Gasteiger partial charge is 0.290 e. The van der Waals surface area contributed by atoms with E-state index in [1.165, 1.54) is 18.2 Å². The number of nitrogens with one attached hydrogen (secondary N) is 1. The third-order valence-electron chi connectivity index (χ3n) is 3.27. The van der Waals surface area contributed by atoms with Gasteiger partial charge in [0, 0.05) is 18.0 Å². The first-order valence-electron chi connectivity index (χ1n) is 6.45. The van der Waals surface area contributed by atoms with Crippen molar-refractivity contribution in [3.63, 3.8) is 0 Å². The van der Waals surface area contributed by atoms with Gasteiger partial charge in [0.15, 0.2) is 5.84 Å². The number of hydrogen-bond donors (Lipinski definition) is 2. The molecular formula is C15H12ClFN4O. The van der Waals surface area contributed by atoms with Gasteiger partial charge in [-0.05, 0) is 24.3 Å². The van der Waals surface area contributed by atoms with Gasteiger partial charge in [0.2, 0.25) is 0 Å². The quantitative estimate of drug-likeness (QED) is 0.432. The van der Waals surface area contributed by atoms with Crippen LogP contribution in [0.3, 0.4) is 0 Å². The first kappa shape index (κ1) is 14.5. The lowest BCUT2D eigenvalue weighted by atomic mass is 10.1. The number of rotatable bonds is 2. The minimum atomic E-state index is -0.520. The van der Waals surface area contributed by atoms with E-state index in [1.807, 2.05) is 12.1 Å². The van der Waals surface area contributed by atoms with Crippen molar-refractivity contribution in [2.24, 2.45) is 12.0 Å². The molecule has 0 radical (unpaired) electrons. The average Bonchev–Trinajstić information content (AvgIpc) is 2.90. The molecule has 1 heterocycles. The summed E-state index contributed by atoms with van der Waals surface area (Å²) in [5.41, 5.74) is 3.98. The summed E-state index contributed by atoms with van der Waals surface area (Å²) in [5, 5.41) is 14.5. The van der Waals surface area contributed by atoms with Crippen LogP contribution in [-0.2, 0) is 7.05 Å². The molecule has 0 aliphatic carbocycles. The Morgan fingerprint density at radius 3 is 2.91 bits per heavy atom. The molecule has 2 aromatic carbocycles. The Balaban J connectivity index is 2.15. The van der Waals surface area contributed by atoms with Crippen LogP contribution in [0.4, 0.5) is 10.1 Å². The first-order valence-corrected chi connectivity index (χ1v) is 6.83. The number of hydroxylamine groups is 1. The number of halogens is 2. The highest BCUT2D eigenvalue weighted by molar-refractivity contribution is 6.31. The van der Waals surface area contributed by atoms with Gasteiger partial charge >= 0.3 is 0 Å². The van der Waals surface area contributed by atoms with Gasteiger partial charge in [-0.25, -0.2) is 9.38 Å². The Morgan fingerprint density at radius 2 is 2.18 bits per heavy atom. The van der Waals surface area contributed by atoms with E-state index in [0.29, 0.717) is 11.3 Å². The Hall–Kier alpha value is -2.44. The molecule has 0 amide bonds. The van der Waals surface area contributed by atoms with Crippen LogP contribution >= 0.6 is 11.6 Å². The first-order chi connectivity index (χ1) is 10.6. The second kappa shape index (κ2) is 5.75. The number of fused-ring (bicyclic) bond motifs is 1. The van der Waals surface area contributed by atoms with Gasteiger partial charge in [-0.2, -0.15) is 5.10 Å². The Morgan fingerprint density at radius 1 is 1.36 bits per heavy atom. The normalized spacial score (nSPS) is 11.9. The molecule has 0 unspecified atom stereocenters. The Labute approximate surface area is 130 Å². The van der Waals surface area contributed by atoms with Crippen LogP contribution in [0.1, 0.15) is 5.56 Å². The predicted molar refractivity (Wildman–Crippen MR) is 83.2 cm³/mol. The fourth-order valence-electron chi connectivity index (χ4n) is 2.25. The van der Waals surface area contributed by atoms with E-state index < -0.39 is 5.82 Å². The summed E-state index contributed by atoms with van der Waals surface area (Å²) in [6, 6.07) is 9.64. The fourth-order valence-corrected chi connectivity index (χ4v) is 2.43. The van der Waals surface area contributed by atoms with Crippen molar-refractivity contribution in [3.8, 4) is 0 Å². The number of aryl methyl sites for hydroxylation is 1. The van der Waals surface area contributed by atoms with Crippen LogP contribution in [0.25, 0.3) is 10.9 Å². The van der Waals surface area contributed by atoms with Crippen LogP contribution in [0.2, 0.25) is 5.02 Å². The predicted octanol–water partition coefficient (Wildman–Crippen LogP) is 3.42. The number of benzene rings is 2. The van der Waals surface area contributed by atoms with E-state index in [2.05, 4.69) is 15.6 Å². The molecule has 7 heteroatoms. The zero-order valence-corrected chi connectivity index (χ0v) is 12.3. The molecule has 1 aromatic heterocycles. The van der Waals surface area contributed by atoms with Crippen molar-refractivity contribution < 1.29 is 9.60 Å². The van der Waals surface area contributed by atoms with E-state index >= 15 is 0 Å². The topological polar surface area (TPSA) is 62.4 Å². The third-order valence-corrected chi connectivity index (χ3v) is 3.56. The molecular weight excluding hydrogens is 307 g/mol. The molecule has 0 spiro atoms. The third kappa shape index (κ3) is 2.54. The summed E-state index contributed by atoms with van der Waals surface area (Å²) >= 11 is 5.75. The van der Waals surface area contributed by atoms with E-state index in [4.69, 9.17) is 11.6 Å². The van der Waals surface area contributed by atoms with E-state index in [9.17, 15) is 9.60 Å². The van der Waals surface area contributed by atoms with Gasteiger partial charge in [-0.1, -0.05) is 23.7 Å². The maximum Gasteiger partial charge on any atom is 0.159 e. The molecule has 0 bridgehead atoms. The SMILES string of the molecule is Cn1ncc2cccc(C(=Nc3ccc(F)c(Cl)c3)NO)c21. The second-order valence-corrected chi connectivity index (χ2v) is 5.09. The zero-order chi connectivity index (χ0) is 15.7. The minimum Gasteiger partial charge on any atom is -0.290 e. The molecule has 5 nitrogen and oxygen atoms in total. The molecule has 3 aromatic rings. The second-order valence-electron chi connectivity index (χ2n) is 4.68. The van der Waals surface area contributed by atoms with Crippen LogP contribution in [-0.4, -0.2) is 20.8 Å². The van der Waals surface area contributed by atoms with E-state index in [-0.39, 0.29) is 10.9 Å². The molecule has 3 rings (SSSR count). The Kier molecular flexibility index (Phi) is 3.79. The molecule has 2 N–H and O–H groups in total. The summed E-state index contributed by atoms with van der Waals surface area (Å²) in [6.07, 6.45) is 1.72. The van der Waals surface area contributed by atoms with Gasteiger partial charge in [-0.3, -0.25) is 15.4 Å². The van der Waals surface area contributed by atoms with E-state index in [0.717, 1.165) is 10.9 Å². The maximum atomic E-state index is 13.2. The van der Waals surface area contributed by atoms with Crippen molar-refractivity contribution in [1.29, 1.82) is 0 Å². The lowest BCUT2D eigenvalue weighted by Gasteiger charge is -2.08. The summed E-state index contributed by atoms with van der Waals surface area (Å²) < 4.78 is 14.9. The van der Waals surface area contributed by atoms with Crippen molar-refractivity contribution in [3.05, 3.63) is 59.0 Å². The van der Waals surface area contributed by atoms with Gasteiger partial charge < -0.3 is 0 Å². The van der Waals surface area contributed by atoms with Gasteiger partial charge in [-0.15, -0.1) is 0 Å². The number of amidine groups is 1. The smallest absolute Gasteiger partial charge is 0.159 e. The summed E-state index contributed by atoms with van der Waals surface area (Å²) in [5.74, 6) is -0.301. The van der Waals surface area contributed by atoms with Crippen molar-refractivity contribution >= 4 is 34.0 Å². The molecule has 0 atom stereocenters. The van der Waals surface area contributed by atoms with Gasteiger partial charge in [0.25, 0.3) is 0 Å². The van der Waals surface area contributed by atoms with Crippen LogP contribution in [0.5, 0.6) is 0 Å². The highest BCUT2D eigenvalue weighted by Gasteiger charge is 2.11. The van der Waals surface area contributed by atoms with Crippen LogP contribution in [0.15, 0.2) is 47.6 Å². The number of hydrogen-bond acceptors (Lipinski definition) is 3. The summed E-state index contributed by atoms with van der Waals surface area (Å²) in [6.45, 7) is 0. The van der Waals surface area contributed by atoms with Crippen LogP contribution < -0.4 is 5.48 Å². The zero-order valence-electron chi connectivity index (χ0n) is 11.6. The highest BCUT2D eigenvalue weighted by Crippen LogP contribution is 2.24. The highest BCUT2D eigenvalue weighted by atomic mass is 35.5. The lowest BCUT2D eigenvalue weighted by Crippen LogP contribution is -2.21. The monoisotopic (exact) mass is 318 g/mol. The molecule has 0 saturated heterocycles. The number of para-hydroxylation sites is 1. The lowest BCUT2D eigenvalue weighted by molar-refractivity contribution is 0.235. The average molecular weight is 319 g/mol.